The number of rotatable bonds is 5. The summed E-state index contributed by atoms with van der Waals surface area (Å²) < 4.78 is 32.3. The summed E-state index contributed by atoms with van der Waals surface area (Å²) in [5.41, 5.74) is 1.94. The number of carbonyl (C=O) groups is 1. The molecular formula is C19H21F2NO2. The fourth-order valence-electron chi connectivity index (χ4n) is 2.29. The molecule has 0 bridgehead atoms. The lowest BCUT2D eigenvalue weighted by atomic mass is 10.0. The average Bonchev–Trinajstić information content (AvgIpc) is 2.49. The minimum Gasteiger partial charge on any atom is -0.481 e. The van der Waals surface area contributed by atoms with Crippen LogP contribution in [0.4, 0.5) is 14.5 Å². The van der Waals surface area contributed by atoms with E-state index in [2.05, 4.69) is 5.32 Å². The van der Waals surface area contributed by atoms with Crippen molar-refractivity contribution in [3.05, 3.63) is 59.2 Å². The fraction of sp³-hybridized carbons (Fsp3) is 0.316. The zero-order chi connectivity index (χ0) is 17.9. The van der Waals surface area contributed by atoms with Gasteiger partial charge in [-0.2, -0.15) is 0 Å². The molecule has 5 heteroatoms. The summed E-state index contributed by atoms with van der Waals surface area (Å²) in [6.07, 6.45) is -0.825. The van der Waals surface area contributed by atoms with Crippen LogP contribution in [0.3, 0.4) is 0 Å². The van der Waals surface area contributed by atoms with Crippen molar-refractivity contribution in [2.45, 2.75) is 39.7 Å². The third-order valence-corrected chi connectivity index (χ3v) is 3.65. The van der Waals surface area contributed by atoms with Gasteiger partial charge in [0.1, 0.15) is 17.4 Å². The van der Waals surface area contributed by atoms with Crippen LogP contribution in [0.1, 0.15) is 37.8 Å². The zero-order valence-corrected chi connectivity index (χ0v) is 14.2. The van der Waals surface area contributed by atoms with Crippen molar-refractivity contribution in [1.29, 1.82) is 0 Å². The Bertz CT molecular complexity index is 744. The molecule has 0 aliphatic heterocycles. The Morgan fingerprint density at radius 2 is 1.79 bits per heavy atom. The van der Waals surface area contributed by atoms with Crippen LogP contribution in [0, 0.1) is 18.6 Å². The van der Waals surface area contributed by atoms with Crippen LogP contribution in [0.2, 0.25) is 0 Å². The number of nitrogens with one attached hydrogen (secondary N) is 1. The Morgan fingerprint density at radius 1 is 1.08 bits per heavy atom. The van der Waals surface area contributed by atoms with Crippen LogP contribution in [0.25, 0.3) is 0 Å². The lowest BCUT2D eigenvalue weighted by Crippen LogP contribution is -2.30. The van der Waals surface area contributed by atoms with Gasteiger partial charge in [-0.1, -0.05) is 26.0 Å². The van der Waals surface area contributed by atoms with E-state index in [0.29, 0.717) is 5.75 Å². The second kappa shape index (κ2) is 7.43. The quantitative estimate of drug-likeness (QED) is 0.853. The Morgan fingerprint density at radius 3 is 2.42 bits per heavy atom. The van der Waals surface area contributed by atoms with E-state index < -0.39 is 23.6 Å². The van der Waals surface area contributed by atoms with Crippen LogP contribution in [-0.2, 0) is 4.79 Å². The first-order chi connectivity index (χ1) is 11.3. The molecule has 128 valence electrons. The molecule has 0 spiro atoms. The number of carbonyl (C=O) groups excluding carboxylic acids is 1. The van der Waals surface area contributed by atoms with Crippen LogP contribution in [0.5, 0.6) is 5.75 Å². The molecule has 1 amide bonds. The van der Waals surface area contributed by atoms with Crippen LogP contribution in [0.15, 0.2) is 36.4 Å². The maximum absolute atomic E-state index is 13.6. The number of hydrogen-bond acceptors (Lipinski definition) is 2. The monoisotopic (exact) mass is 333 g/mol. The van der Waals surface area contributed by atoms with E-state index in [0.717, 1.165) is 23.3 Å². The average molecular weight is 333 g/mol. The molecule has 2 aromatic rings. The summed E-state index contributed by atoms with van der Waals surface area (Å²) in [6.45, 7) is 7.60. The van der Waals surface area contributed by atoms with Crippen molar-refractivity contribution < 1.29 is 18.3 Å². The number of benzene rings is 2. The van der Waals surface area contributed by atoms with Crippen molar-refractivity contribution in [1.82, 2.24) is 0 Å². The van der Waals surface area contributed by atoms with E-state index >= 15 is 0 Å². The van der Waals surface area contributed by atoms with Gasteiger partial charge in [-0.3, -0.25) is 4.79 Å². The maximum Gasteiger partial charge on any atom is 0.265 e. The highest BCUT2D eigenvalue weighted by molar-refractivity contribution is 5.94. The number of ether oxygens (including phenoxy) is 1. The van der Waals surface area contributed by atoms with Gasteiger partial charge in [0, 0.05) is 6.07 Å². The molecular weight excluding hydrogens is 312 g/mol. The molecule has 0 fully saturated rings. The SMILES string of the molecule is Cc1ccc(C(C)C)c(O[C@@H](C)C(=O)Nc2ccc(F)cc2F)c1. The predicted octanol–water partition coefficient (Wildman–Crippen LogP) is 4.80. The highest BCUT2D eigenvalue weighted by Crippen LogP contribution is 2.28. The molecule has 0 saturated heterocycles. The van der Waals surface area contributed by atoms with E-state index in [9.17, 15) is 13.6 Å². The Hall–Kier alpha value is -2.43. The number of anilines is 1. The highest BCUT2D eigenvalue weighted by Gasteiger charge is 2.19. The van der Waals surface area contributed by atoms with Crippen molar-refractivity contribution in [3.63, 3.8) is 0 Å². The van der Waals surface area contributed by atoms with Crippen molar-refractivity contribution in [3.8, 4) is 5.75 Å². The van der Waals surface area contributed by atoms with Gasteiger partial charge in [0.25, 0.3) is 5.91 Å². The summed E-state index contributed by atoms with van der Waals surface area (Å²) >= 11 is 0. The minimum absolute atomic E-state index is 0.0785. The zero-order valence-electron chi connectivity index (χ0n) is 14.2. The maximum atomic E-state index is 13.6. The smallest absolute Gasteiger partial charge is 0.265 e. The molecule has 2 rings (SSSR count). The fourth-order valence-corrected chi connectivity index (χ4v) is 2.29. The second-order valence-electron chi connectivity index (χ2n) is 6.07. The first kappa shape index (κ1) is 17.9. The number of halogens is 2. The Labute approximate surface area is 140 Å². The Balaban J connectivity index is 2.13. The third-order valence-electron chi connectivity index (χ3n) is 3.65. The summed E-state index contributed by atoms with van der Waals surface area (Å²) in [7, 11) is 0. The van der Waals surface area contributed by atoms with Crippen molar-refractivity contribution >= 4 is 11.6 Å². The van der Waals surface area contributed by atoms with Gasteiger partial charge in [-0.05, 0) is 49.1 Å². The molecule has 0 radical (unpaired) electrons. The molecule has 1 atom stereocenters. The molecule has 3 nitrogen and oxygen atoms in total. The normalized spacial score (nSPS) is 12.1. The Kier molecular flexibility index (Phi) is 5.54. The first-order valence-corrected chi connectivity index (χ1v) is 7.81. The topological polar surface area (TPSA) is 38.3 Å². The van der Waals surface area contributed by atoms with Gasteiger partial charge >= 0.3 is 0 Å². The summed E-state index contributed by atoms with van der Waals surface area (Å²) in [5, 5.41) is 2.42. The summed E-state index contributed by atoms with van der Waals surface area (Å²) in [4.78, 5) is 12.2. The van der Waals surface area contributed by atoms with E-state index in [4.69, 9.17) is 4.74 Å². The van der Waals surface area contributed by atoms with Gasteiger partial charge in [0.05, 0.1) is 5.69 Å². The molecule has 0 heterocycles. The summed E-state index contributed by atoms with van der Waals surface area (Å²) in [6, 6.07) is 8.82. The van der Waals surface area contributed by atoms with Crippen molar-refractivity contribution in [2.24, 2.45) is 0 Å². The van der Waals surface area contributed by atoms with Crippen molar-refractivity contribution in [2.75, 3.05) is 5.32 Å². The standard InChI is InChI=1S/C19H21F2NO2/c1-11(2)15-7-5-12(3)9-18(15)24-13(4)19(23)22-17-8-6-14(20)10-16(17)21/h5-11,13H,1-4H3,(H,22,23)/t13-/m0/s1. The van der Waals surface area contributed by atoms with Crippen LogP contribution >= 0.6 is 0 Å². The molecule has 2 aromatic carbocycles. The van der Waals surface area contributed by atoms with Crippen LogP contribution < -0.4 is 10.1 Å². The molecule has 1 N–H and O–H groups in total. The molecule has 0 aliphatic rings. The van der Waals surface area contributed by atoms with Gasteiger partial charge in [0.15, 0.2) is 6.10 Å². The van der Waals surface area contributed by atoms with Crippen LogP contribution in [-0.4, -0.2) is 12.0 Å². The van der Waals surface area contributed by atoms with E-state index in [1.807, 2.05) is 39.0 Å². The van der Waals surface area contributed by atoms with Gasteiger partial charge in [0.2, 0.25) is 0 Å². The lowest BCUT2D eigenvalue weighted by Gasteiger charge is -2.19. The summed E-state index contributed by atoms with van der Waals surface area (Å²) in [5.74, 6) is -1.15. The second-order valence-corrected chi connectivity index (χ2v) is 6.07. The highest BCUT2D eigenvalue weighted by atomic mass is 19.1. The molecule has 0 aromatic heterocycles. The van der Waals surface area contributed by atoms with E-state index in [-0.39, 0.29) is 11.6 Å². The molecule has 0 aliphatic carbocycles. The molecule has 0 unspecified atom stereocenters. The molecule has 24 heavy (non-hydrogen) atoms. The third kappa shape index (κ3) is 4.31. The molecule has 0 saturated carbocycles. The largest absolute Gasteiger partial charge is 0.481 e. The minimum atomic E-state index is -0.825. The van der Waals surface area contributed by atoms with Gasteiger partial charge < -0.3 is 10.1 Å². The van der Waals surface area contributed by atoms with E-state index in [1.165, 1.54) is 6.07 Å². The van der Waals surface area contributed by atoms with E-state index in [1.54, 1.807) is 6.92 Å². The number of aryl methyl sites for hydroxylation is 1. The number of hydrogen-bond donors (Lipinski definition) is 1. The van der Waals surface area contributed by atoms with Gasteiger partial charge in [-0.25, -0.2) is 8.78 Å². The van der Waals surface area contributed by atoms with Gasteiger partial charge in [-0.15, -0.1) is 0 Å². The number of amides is 1. The predicted molar refractivity (Wildman–Crippen MR) is 90.3 cm³/mol. The first-order valence-electron chi connectivity index (χ1n) is 7.81. The lowest BCUT2D eigenvalue weighted by molar-refractivity contribution is -0.122.